The zero-order valence-electron chi connectivity index (χ0n) is 17.5. The lowest BCUT2D eigenvalue weighted by molar-refractivity contribution is -0.120. The van der Waals surface area contributed by atoms with Crippen LogP contribution in [0.5, 0.6) is 17.2 Å². The summed E-state index contributed by atoms with van der Waals surface area (Å²) in [4.78, 5) is 21.4. The number of hydrogen-bond acceptors (Lipinski definition) is 7. The molecule has 0 N–H and O–H groups in total. The maximum Gasteiger partial charge on any atom is 0.266 e. The largest absolute Gasteiger partial charge is 0.495 e. The van der Waals surface area contributed by atoms with E-state index in [9.17, 15) is 4.79 Å². The molecule has 2 aromatic carbocycles. The highest BCUT2D eigenvalue weighted by Crippen LogP contribution is 2.40. The first-order chi connectivity index (χ1) is 14.0. The van der Waals surface area contributed by atoms with E-state index in [1.807, 2.05) is 61.5 Å². The zero-order chi connectivity index (χ0) is 20.8. The van der Waals surface area contributed by atoms with E-state index in [2.05, 4.69) is 0 Å². The summed E-state index contributed by atoms with van der Waals surface area (Å²) < 4.78 is 17.4. The Morgan fingerprint density at radius 1 is 1.00 bits per heavy atom. The standard InChI is InChI=1S/C21H25N3O4S.ClH/c1-23(2)12-13-24(18(25)14-28-15-8-6-5-7-9-15)21-22-19-16(26-3)10-11-17(27-4)20(19)29-21;/h5-11H,12-14H2,1-4H3;1H. The average Bonchev–Trinajstić information content (AvgIpc) is 3.17. The van der Waals surface area contributed by atoms with Gasteiger partial charge in [-0.2, -0.15) is 0 Å². The van der Waals surface area contributed by atoms with Crippen LogP contribution in [0.2, 0.25) is 0 Å². The van der Waals surface area contributed by atoms with Crippen LogP contribution in [0.25, 0.3) is 10.2 Å². The number of methoxy groups -OCH3 is 2. The van der Waals surface area contributed by atoms with Gasteiger partial charge in [-0.15, -0.1) is 12.4 Å². The van der Waals surface area contributed by atoms with Crippen molar-refractivity contribution >= 4 is 45.0 Å². The molecule has 0 saturated carbocycles. The minimum absolute atomic E-state index is 0. The van der Waals surface area contributed by atoms with Gasteiger partial charge < -0.3 is 19.1 Å². The highest BCUT2D eigenvalue weighted by molar-refractivity contribution is 7.22. The summed E-state index contributed by atoms with van der Waals surface area (Å²) in [6, 6.07) is 12.9. The zero-order valence-corrected chi connectivity index (χ0v) is 19.1. The molecule has 9 heteroatoms. The third-order valence-corrected chi connectivity index (χ3v) is 5.40. The third-order valence-electron chi connectivity index (χ3n) is 4.31. The van der Waals surface area contributed by atoms with Crippen molar-refractivity contribution in [2.45, 2.75) is 0 Å². The molecule has 0 saturated heterocycles. The molecule has 0 unspecified atom stereocenters. The number of fused-ring (bicyclic) bond motifs is 1. The van der Waals surface area contributed by atoms with Gasteiger partial charge in [-0.05, 0) is 38.4 Å². The van der Waals surface area contributed by atoms with Gasteiger partial charge in [-0.25, -0.2) is 4.98 Å². The molecule has 0 aliphatic heterocycles. The maximum absolute atomic E-state index is 13.0. The van der Waals surface area contributed by atoms with Crippen molar-refractivity contribution in [1.82, 2.24) is 9.88 Å². The van der Waals surface area contributed by atoms with Gasteiger partial charge in [0.25, 0.3) is 5.91 Å². The van der Waals surface area contributed by atoms with E-state index in [1.165, 1.54) is 11.3 Å². The van der Waals surface area contributed by atoms with Crippen LogP contribution in [0.4, 0.5) is 5.13 Å². The van der Waals surface area contributed by atoms with Gasteiger partial charge in [0.15, 0.2) is 11.7 Å². The van der Waals surface area contributed by atoms with Gasteiger partial charge in [0, 0.05) is 13.1 Å². The molecule has 1 aromatic heterocycles. The number of hydrogen-bond donors (Lipinski definition) is 0. The highest BCUT2D eigenvalue weighted by Gasteiger charge is 2.23. The van der Waals surface area contributed by atoms with Crippen molar-refractivity contribution in [3.05, 3.63) is 42.5 Å². The number of anilines is 1. The quantitative estimate of drug-likeness (QED) is 0.494. The topological polar surface area (TPSA) is 64.1 Å². The Morgan fingerprint density at radius 2 is 1.67 bits per heavy atom. The van der Waals surface area contributed by atoms with Crippen LogP contribution in [-0.2, 0) is 4.79 Å². The molecule has 0 aliphatic rings. The number of carbonyl (C=O) groups excluding carboxylic acids is 1. The van der Waals surface area contributed by atoms with Crippen LogP contribution < -0.4 is 19.1 Å². The predicted octanol–water partition coefficient (Wildman–Crippen LogP) is 3.71. The van der Waals surface area contributed by atoms with Crippen molar-refractivity contribution in [3.8, 4) is 17.2 Å². The minimum Gasteiger partial charge on any atom is -0.495 e. The number of para-hydroxylation sites is 1. The smallest absolute Gasteiger partial charge is 0.266 e. The molecule has 0 aliphatic carbocycles. The fourth-order valence-electron chi connectivity index (χ4n) is 2.76. The third kappa shape index (κ3) is 5.53. The van der Waals surface area contributed by atoms with Gasteiger partial charge in [-0.3, -0.25) is 9.69 Å². The van der Waals surface area contributed by atoms with E-state index < -0.39 is 0 Å². The number of likely N-dealkylation sites (N-methyl/N-ethyl adjacent to an activating group) is 1. The summed E-state index contributed by atoms with van der Waals surface area (Å²) in [7, 11) is 7.15. The molecule has 0 fully saturated rings. The lowest BCUT2D eigenvalue weighted by Gasteiger charge is -2.22. The Morgan fingerprint density at radius 3 is 2.30 bits per heavy atom. The van der Waals surface area contributed by atoms with Crippen molar-refractivity contribution in [3.63, 3.8) is 0 Å². The van der Waals surface area contributed by atoms with Crippen molar-refractivity contribution in [1.29, 1.82) is 0 Å². The SMILES string of the molecule is COc1ccc(OC)c2sc(N(CCN(C)C)C(=O)COc3ccccc3)nc12.Cl. The number of nitrogens with zero attached hydrogens (tertiary/aromatic N) is 3. The number of benzene rings is 2. The van der Waals surface area contributed by atoms with Crippen LogP contribution in [0.1, 0.15) is 0 Å². The molecule has 0 spiro atoms. The monoisotopic (exact) mass is 451 g/mol. The molecule has 0 bridgehead atoms. The van der Waals surface area contributed by atoms with Gasteiger partial charge >= 0.3 is 0 Å². The van der Waals surface area contributed by atoms with E-state index in [0.717, 1.165) is 4.70 Å². The first kappa shape index (κ1) is 23.7. The summed E-state index contributed by atoms with van der Waals surface area (Å²) in [6.07, 6.45) is 0. The number of amides is 1. The fraction of sp³-hybridized carbons (Fsp3) is 0.333. The summed E-state index contributed by atoms with van der Waals surface area (Å²) >= 11 is 1.40. The average molecular weight is 452 g/mol. The Balaban J connectivity index is 0.00000320. The second kappa shape index (κ2) is 11.0. The van der Waals surface area contributed by atoms with Crippen molar-refractivity contribution in [2.24, 2.45) is 0 Å². The molecule has 0 radical (unpaired) electrons. The van der Waals surface area contributed by atoms with Gasteiger partial charge in [0.2, 0.25) is 0 Å². The number of halogens is 1. The van der Waals surface area contributed by atoms with Crippen molar-refractivity contribution in [2.75, 3.05) is 52.9 Å². The molecule has 3 rings (SSSR count). The molecule has 3 aromatic rings. The van der Waals surface area contributed by atoms with Crippen LogP contribution >= 0.6 is 23.7 Å². The molecule has 1 heterocycles. The second-order valence-electron chi connectivity index (χ2n) is 6.59. The lowest BCUT2D eigenvalue weighted by Crippen LogP contribution is -2.39. The highest BCUT2D eigenvalue weighted by atomic mass is 35.5. The second-order valence-corrected chi connectivity index (χ2v) is 7.57. The Labute approximate surface area is 186 Å². The number of carbonyl (C=O) groups is 1. The van der Waals surface area contributed by atoms with Gasteiger partial charge in [-0.1, -0.05) is 29.5 Å². The lowest BCUT2D eigenvalue weighted by atomic mass is 10.3. The van der Waals surface area contributed by atoms with Crippen LogP contribution in [0.3, 0.4) is 0 Å². The Bertz CT molecular complexity index is 925. The van der Waals surface area contributed by atoms with Crippen molar-refractivity contribution < 1.29 is 19.0 Å². The van der Waals surface area contributed by atoms with Gasteiger partial charge in [0.05, 0.1) is 14.2 Å². The van der Waals surface area contributed by atoms with Crippen LogP contribution in [0.15, 0.2) is 42.5 Å². The fourth-order valence-corrected chi connectivity index (χ4v) is 3.87. The predicted molar refractivity (Wildman–Crippen MR) is 123 cm³/mol. The summed E-state index contributed by atoms with van der Waals surface area (Å²) in [6.45, 7) is 1.12. The van der Waals surface area contributed by atoms with E-state index in [-0.39, 0.29) is 24.9 Å². The molecule has 1 amide bonds. The summed E-state index contributed by atoms with van der Waals surface area (Å²) in [5.74, 6) is 1.84. The number of thiazole rings is 1. The van der Waals surface area contributed by atoms with Crippen LogP contribution in [-0.4, -0.2) is 63.8 Å². The number of rotatable bonds is 9. The van der Waals surface area contributed by atoms with Gasteiger partial charge in [0.1, 0.15) is 27.5 Å². The van der Waals surface area contributed by atoms with E-state index in [1.54, 1.807) is 19.1 Å². The summed E-state index contributed by atoms with van der Waals surface area (Å²) in [5.41, 5.74) is 0.679. The minimum atomic E-state index is -0.160. The number of ether oxygens (including phenoxy) is 3. The molecule has 30 heavy (non-hydrogen) atoms. The number of aromatic nitrogens is 1. The van der Waals surface area contributed by atoms with E-state index in [0.29, 0.717) is 41.0 Å². The first-order valence-electron chi connectivity index (χ1n) is 9.18. The first-order valence-corrected chi connectivity index (χ1v) is 9.99. The Hall–Kier alpha value is -2.55. The van der Waals surface area contributed by atoms with E-state index >= 15 is 0 Å². The molecular weight excluding hydrogens is 426 g/mol. The summed E-state index contributed by atoms with van der Waals surface area (Å²) in [5, 5.41) is 0.589. The normalized spacial score (nSPS) is 10.6. The molecule has 162 valence electrons. The molecular formula is C21H26ClN3O4S. The molecule has 7 nitrogen and oxygen atoms in total. The molecule has 0 atom stereocenters. The van der Waals surface area contributed by atoms with Crippen LogP contribution in [0, 0.1) is 0 Å². The van der Waals surface area contributed by atoms with E-state index in [4.69, 9.17) is 19.2 Å². The Kier molecular flexibility index (Phi) is 8.71. The maximum atomic E-state index is 13.0.